The molecule has 0 amide bonds. The van der Waals surface area contributed by atoms with Crippen molar-refractivity contribution in [1.29, 1.82) is 0 Å². The fraction of sp³-hybridized carbons (Fsp3) is 0.278. The molecular weight excluding hydrogens is 413 g/mol. The van der Waals surface area contributed by atoms with Gasteiger partial charge in [-0.25, -0.2) is 12.4 Å². The molecule has 4 rings (SSSR count). The van der Waals surface area contributed by atoms with Gasteiger partial charge in [0.1, 0.15) is 5.52 Å². The number of nitrogens with one attached hydrogen (secondary N) is 1. The van der Waals surface area contributed by atoms with Crippen molar-refractivity contribution in [2.24, 2.45) is 0 Å². The summed E-state index contributed by atoms with van der Waals surface area (Å²) in [5.41, 5.74) is -2.20. The minimum atomic E-state index is -4.81. The van der Waals surface area contributed by atoms with Crippen molar-refractivity contribution in [2.75, 3.05) is 13.2 Å². The zero-order valence-electron chi connectivity index (χ0n) is 15.0. The van der Waals surface area contributed by atoms with Gasteiger partial charge in [0, 0.05) is 11.6 Å². The van der Waals surface area contributed by atoms with Crippen molar-refractivity contribution in [2.45, 2.75) is 24.3 Å². The number of aromatic amines is 1. The maximum atomic E-state index is 13.5. The van der Waals surface area contributed by atoms with E-state index < -0.39 is 44.5 Å². The Morgan fingerprint density at radius 1 is 1.14 bits per heavy atom. The van der Waals surface area contributed by atoms with Gasteiger partial charge in [-0.3, -0.25) is 4.79 Å². The van der Waals surface area contributed by atoms with E-state index in [-0.39, 0.29) is 23.8 Å². The Labute approximate surface area is 162 Å². The highest BCUT2D eigenvalue weighted by atomic mass is 32.2. The summed E-state index contributed by atoms with van der Waals surface area (Å²) in [4.78, 5) is 14.2. The van der Waals surface area contributed by atoms with Gasteiger partial charge in [-0.05, 0) is 25.1 Å². The highest BCUT2D eigenvalue weighted by Crippen LogP contribution is 2.38. The summed E-state index contributed by atoms with van der Waals surface area (Å²) in [5, 5.41) is -0.550. The molecule has 3 heterocycles. The molecule has 2 aromatic heterocycles. The number of halogens is 3. The molecular formula is C18H15F3N2O5S. The van der Waals surface area contributed by atoms with Gasteiger partial charge in [-0.15, -0.1) is 0 Å². The third kappa shape index (κ3) is 3.24. The summed E-state index contributed by atoms with van der Waals surface area (Å²) in [6.45, 7) is 2.03. The Morgan fingerprint density at radius 3 is 2.34 bits per heavy atom. The van der Waals surface area contributed by atoms with E-state index in [0.29, 0.717) is 10.2 Å². The van der Waals surface area contributed by atoms with Crippen LogP contribution in [0.15, 0.2) is 46.2 Å². The van der Waals surface area contributed by atoms with E-state index in [1.807, 2.05) is 4.98 Å². The topological polar surface area (TPSA) is 90.4 Å². The summed E-state index contributed by atoms with van der Waals surface area (Å²) in [7, 11) is -4.42. The number of H-pyrrole nitrogens is 1. The van der Waals surface area contributed by atoms with Gasteiger partial charge in [-0.2, -0.15) is 13.2 Å². The number of benzene rings is 1. The maximum absolute atomic E-state index is 13.5. The van der Waals surface area contributed by atoms with Crippen LogP contribution in [0.2, 0.25) is 0 Å². The molecule has 1 N–H and O–H groups in total. The largest absolute Gasteiger partial charge is 0.418 e. The molecule has 7 nitrogen and oxygen atoms in total. The highest BCUT2D eigenvalue weighted by molar-refractivity contribution is 7.90. The lowest BCUT2D eigenvalue weighted by Gasteiger charge is -2.15. The van der Waals surface area contributed by atoms with Crippen LogP contribution < -0.4 is 5.56 Å². The molecule has 3 aromatic rings. The van der Waals surface area contributed by atoms with Crippen LogP contribution in [-0.2, 0) is 25.7 Å². The standard InChI is InChI=1S/C18H15F3N2O5S/c1-10-2-4-11(5-3-10)29(25,26)23-14(17-27-6-7-28-17)8-12-13(18(19,20)21)9-22-16(24)15(12)23/h2-5,8-9,17H,6-7H2,1H3,(H,22,24). The Morgan fingerprint density at radius 2 is 1.76 bits per heavy atom. The predicted octanol–water partition coefficient (Wildman–Crippen LogP) is 2.94. The predicted molar refractivity (Wildman–Crippen MR) is 96.0 cm³/mol. The van der Waals surface area contributed by atoms with Gasteiger partial charge < -0.3 is 14.5 Å². The summed E-state index contributed by atoms with van der Waals surface area (Å²) >= 11 is 0. The van der Waals surface area contributed by atoms with E-state index in [1.165, 1.54) is 12.1 Å². The SMILES string of the molecule is Cc1ccc(S(=O)(=O)n2c(C3OCCO3)cc3c(C(F)(F)F)c[nH]c(=O)c32)cc1. The molecule has 0 atom stereocenters. The Bertz CT molecular complexity index is 1240. The first-order chi connectivity index (χ1) is 13.6. The fourth-order valence-electron chi connectivity index (χ4n) is 3.22. The number of rotatable bonds is 3. The lowest BCUT2D eigenvalue weighted by molar-refractivity contribution is -0.136. The number of aryl methyl sites for hydroxylation is 1. The number of hydrogen-bond acceptors (Lipinski definition) is 5. The summed E-state index contributed by atoms with van der Waals surface area (Å²) in [6, 6.07) is 6.71. The lowest BCUT2D eigenvalue weighted by Crippen LogP contribution is -2.22. The molecule has 1 aliphatic heterocycles. The number of aromatic nitrogens is 2. The molecule has 1 fully saturated rings. The van der Waals surface area contributed by atoms with Crippen LogP contribution in [0.1, 0.15) is 23.1 Å². The molecule has 1 saturated heterocycles. The molecule has 154 valence electrons. The van der Waals surface area contributed by atoms with Gasteiger partial charge in [0.15, 0.2) is 6.29 Å². The van der Waals surface area contributed by atoms with Gasteiger partial charge in [0.05, 0.1) is 29.4 Å². The minimum Gasteiger partial charge on any atom is -0.345 e. The molecule has 0 radical (unpaired) electrons. The molecule has 1 aliphatic rings. The van der Waals surface area contributed by atoms with Crippen LogP contribution in [0.3, 0.4) is 0 Å². The maximum Gasteiger partial charge on any atom is 0.418 e. The van der Waals surface area contributed by atoms with E-state index in [0.717, 1.165) is 11.6 Å². The third-order valence-electron chi connectivity index (χ3n) is 4.57. The lowest BCUT2D eigenvalue weighted by atomic mass is 10.2. The van der Waals surface area contributed by atoms with Crippen LogP contribution >= 0.6 is 0 Å². The normalized spacial score (nSPS) is 16.0. The summed E-state index contributed by atoms with van der Waals surface area (Å²) in [5.74, 6) is 0. The molecule has 11 heteroatoms. The average Bonchev–Trinajstić information content (AvgIpc) is 3.29. The molecule has 0 spiro atoms. The average molecular weight is 428 g/mol. The minimum absolute atomic E-state index is 0.138. The zero-order valence-corrected chi connectivity index (χ0v) is 15.8. The van der Waals surface area contributed by atoms with Crippen molar-refractivity contribution < 1.29 is 31.1 Å². The Kier molecular flexibility index (Phi) is 4.56. The van der Waals surface area contributed by atoms with Gasteiger partial charge in [0.2, 0.25) is 0 Å². The van der Waals surface area contributed by atoms with Crippen LogP contribution in [0.5, 0.6) is 0 Å². The number of alkyl halides is 3. The second-order valence-electron chi connectivity index (χ2n) is 6.52. The molecule has 1 aromatic carbocycles. The van der Waals surface area contributed by atoms with E-state index in [9.17, 15) is 26.4 Å². The van der Waals surface area contributed by atoms with Crippen molar-refractivity contribution in [3.05, 3.63) is 63.7 Å². The van der Waals surface area contributed by atoms with Crippen LogP contribution in [0.4, 0.5) is 13.2 Å². The number of hydrogen-bond donors (Lipinski definition) is 1. The van der Waals surface area contributed by atoms with E-state index in [1.54, 1.807) is 19.1 Å². The van der Waals surface area contributed by atoms with Gasteiger partial charge in [0.25, 0.3) is 15.6 Å². The Hall–Kier alpha value is -2.63. The van der Waals surface area contributed by atoms with E-state index in [4.69, 9.17) is 9.47 Å². The van der Waals surface area contributed by atoms with Gasteiger partial charge in [-0.1, -0.05) is 17.7 Å². The van der Waals surface area contributed by atoms with Crippen LogP contribution in [0.25, 0.3) is 10.9 Å². The van der Waals surface area contributed by atoms with Gasteiger partial charge >= 0.3 is 6.18 Å². The quantitative estimate of drug-likeness (QED) is 0.693. The number of nitrogens with zero attached hydrogens (tertiary/aromatic N) is 1. The van der Waals surface area contributed by atoms with Crippen molar-refractivity contribution >= 4 is 20.9 Å². The van der Waals surface area contributed by atoms with E-state index in [2.05, 4.69) is 0 Å². The van der Waals surface area contributed by atoms with Crippen molar-refractivity contribution in [3.63, 3.8) is 0 Å². The molecule has 0 bridgehead atoms. The highest BCUT2D eigenvalue weighted by Gasteiger charge is 2.38. The molecule has 0 saturated carbocycles. The number of ether oxygens (including phenoxy) is 2. The van der Waals surface area contributed by atoms with Crippen LogP contribution in [0, 0.1) is 6.92 Å². The summed E-state index contributed by atoms with van der Waals surface area (Å²) < 4.78 is 78.4. The molecule has 0 aliphatic carbocycles. The Balaban J connectivity index is 2.10. The monoisotopic (exact) mass is 428 g/mol. The first-order valence-corrected chi connectivity index (χ1v) is 9.94. The fourth-order valence-corrected chi connectivity index (χ4v) is 4.75. The van der Waals surface area contributed by atoms with Crippen molar-refractivity contribution in [3.8, 4) is 0 Å². The molecule has 29 heavy (non-hydrogen) atoms. The molecule has 0 unspecified atom stereocenters. The van der Waals surface area contributed by atoms with E-state index >= 15 is 0 Å². The smallest absolute Gasteiger partial charge is 0.345 e. The first-order valence-electron chi connectivity index (χ1n) is 8.50. The number of pyridine rings is 1. The zero-order chi connectivity index (χ0) is 21.0. The first kappa shape index (κ1) is 19.7. The second-order valence-corrected chi connectivity index (χ2v) is 8.30. The second kappa shape index (κ2) is 6.71. The van der Waals surface area contributed by atoms with Crippen molar-refractivity contribution in [1.82, 2.24) is 8.96 Å². The number of fused-ring (bicyclic) bond motifs is 1. The van der Waals surface area contributed by atoms with Crippen LogP contribution in [-0.4, -0.2) is 30.6 Å². The third-order valence-corrected chi connectivity index (χ3v) is 6.31. The summed E-state index contributed by atoms with van der Waals surface area (Å²) in [6.07, 6.45) is -5.51.